The van der Waals surface area contributed by atoms with Crippen molar-refractivity contribution in [1.82, 2.24) is 9.38 Å². The van der Waals surface area contributed by atoms with E-state index in [0.29, 0.717) is 0 Å². The third-order valence-corrected chi connectivity index (χ3v) is 4.06. The van der Waals surface area contributed by atoms with E-state index in [1.807, 2.05) is 18.2 Å². The van der Waals surface area contributed by atoms with E-state index in [9.17, 15) is 0 Å². The summed E-state index contributed by atoms with van der Waals surface area (Å²) < 4.78 is 2.06. The minimum Gasteiger partial charge on any atom is -0.306 e. The molecular weight excluding hydrogens is 292 g/mol. The van der Waals surface area contributed by atoms with E-state index in [-0.39, 0.29) is 0 Å². The molecule has 0 spiro atoms. The molecule has 0 aliphatic rings. The number of rotatable bonds is 3. The number of pyridine rings is 1. The molecule has 0 amide bonds. The first-order valence-electron chi connectivity index (χ1n) is 8.07. The van der Waals surface area contributed by atoms with Gasteiger partial charge in [0.2, 0.25) is 0 Å². The molecule has 24 heavy (non-hydrogen) atoms. The molecule has 2 heterocycles. The molecule has 0 atom stereocenters. The third kappa shape index (κ3) is 2.99. The van der Waals surface area contributed by atoms with Gasteiger partial charge in [-0.15, -0.1) is 0 Å². The van der Waals surface area contributed by atoms with Crippen LogP contribution in [0.5, 0.6) is 0 Å². The SMILES string of the molecule is Cc1cccc(/C=C/c2ccn3cc(-c4ccccc4)nc3c2)c1. The maximum absolute atomic E-state index is 4.74. The van der Waals surface area contributed by atoms with Crippen LogP contribution >= 0.6 is 0 Å². The van der Waals surface area contributed by atoms with Gasteiger partial charge in [0.1, 0.15) is 5.65 Å². The van der Waals surface area contributed by atoms with Gasteiger partial charge in [0.15, 0.2) is 0 Å². The van der Waals surface area contributed by atoms with Crippen LogP contribution in [0.4, 0.5) is 0 Å². The number of fused-ring (bicyclic) bond motifs is 1. The maximum Gasteiger partial charge on any atom is 0.138 e. The molecule has 2 aromatic heterocycles. The molecule has 0 bridgehead atoms. The average Bonchev–Trinajstić information content (AvgIpc) is 3.04. The summed E-state index contributed by atoms with van der Waals surface area (Å²) in [5.41, 5.74) is 6.72. The molecule has 2 nitrogen and oxygen atoms in total. The largest absolute Gasteiger partial charge is 0.306 e. The highest BCUT2D eigenvalue weighted by atomic mass is 15.0. The summed E-state index contributed by atoms with van der Waals surface area (Å²) in [5, 5.41) is 0. The lowest BCUT2D eigenvalue weighted by Gasteiger charge is -1.97. The number of hydrogen-bond acceptors (Lipinski definition) is 1. The van der Waals surface area contributed by atoms with Gasteiger partial charge in [0.05, 0.1) is 5.69 Å². The van der Waals surface area contributed by atoms with Crippen LogP contribution < -0.4 is 0 Å². The lowest BCUT2D eigenvalue weighted by atomic mass is 10.1. The lowest BCUT2D eigenvalue weighted by Crippen LogP contribution is -1.83. The summed E-state index contributed by atoms with van der Waals surface area (Å²) in [6.07, 6.45) is 8.40. The van der Waals surface area contributed by atoms with Crippen molar-refractivity contribution in [2.45, 2.75) is 6.92 Å². The summed E-state index contributed by atoms with van der Waals surface area (Å²) in [6, 6.07) is 23.0. The zero-order chi connectivity index (χ0) is 16.4. The molecule has 0 aliphatic carbocycles. The smallest absolute Gasteiger partial charge is 0.138 e. The van der Waals surface area contributed by atoms with Gasteiger partial charge in [-0.3, -0.25) is 0 Å². The monoisotopic (exact) mass is 310 g/mol. The maximum atomic E-state index is 4.74. The van der Waals surface area contributed by atoms with Crippen LogP contribution in [0.2, 0.25) is 0 Å². The second-order valence-electron chi connectivity index (χ2n) is 5.97. The topological polar surface area (TPSA) is 17.3 Å². The molecule has 0 fully saturated rings. The fourth-order valence-corrected chi connectivity index (χ4v) is 2.82. The van der Waals surface area contributed by atoms with Crippen molar-refractivity contribution in [2.24, 2.45) is 0 Å². The van der Waals surface area contributed by atoms with Crippen LogP contribution in [-0.4, -0.2) is 9.38 Å². The minimum atomic E-state index is 0.959. The van der Waals surface area contributed by atoms with E-state index in [2.05, 4.69) is 84.4 Å². The van der Waals surface area contributed by atoms with Crippen molar-refractivity contribution in [3.05, 3.63) is 95.8 Å². The van der Waals surface area contributed by atoms with Gasteiger partial charge in [-0.25, -0.2) is 4.98 Å². The van der Waals surface area contributed by atoms with Crippen LogP contribution in [0, 0.1) is 6.92 Å². The number of aromatic nitrogens is 2. The normalized spacial score (nSPS) is 11.4. The van der Waals surface area contributed by atoms with Gasteiger partial charge in [-0.1, -0.05) is 72.3 Å². The van der Waals surface area contributed by atoms with Gasteiger partial charge in [-0.2, -0.15) is 0 Å². The van der Waals surface area contributed by atoms with Crippen LogP contribution in [0.1, 0.15) is 16.7 Å². The van der Waals surface area contributed by atoms with Gasteiger partial charge in [0, 0.05) is 18.0 Å². The highest BCUT2D eigenvalue weighted by Crippen LogP contribution is 2.20. The fraction of sp³-hybridized carbons (Fsp3) is 0.0455. The van der Waals surface area contributed by atoms with Crippen molar-refractivity contribution in [3.8, 4) is 11.3 Å². The zero-order valence-electron chi connectivity index (χ0n) is 13.6. The molecule has 0 saturated carbocycles. The number of imidazole rings is 1. The van der Waals surface area contributed by atoms with E-state index in [1.165, 1.54) is 11.1 Å². The average molecular weight is 310 g/mol. The number of benzene rings is 2. The Balaban J connectivity index is 1.66. The van der Waals surface area contributed by atoms with E-state index in [0.717, 1.165) is 22.5 Å². The summed E-state index contributed by atoms with van der Waals surface area (Å²) in [4.78, 5) is 4.74. The Labute approximate surface area is 141 Å². The van der Waals surface area contributed by atoms with Gasteiger partial charge < -0.3 is 4.40 Å². The summed E-state index contributed by atoms with van der Waals surface area (Å²) in [7, 11) is 0. The standard InChI is InChI=1S/C22H18N2/c1-17-6-5-7-18(14-17)10-11-19-12-13-24-16-21(23-22(24)15-19)20-8-3-2-4-9-20/h2-16H,1H3/b11-10+. The fourth-order valence-electron chi connectivity index (χ4n) is 2.82. The van der Waals surface area contributed by atoms with E-state index in [1.54, 1.807) is 0 Å². The zero-order valence-corrected chi connectivity index (χ0v) is 13.6. The Hall–Kier alpha value is -3.13. The Morgan fingerprint density at radius 3 is 2.42 bits per heavy atom. The van der Waals surface area contributed by atoms with Gasteiger partial charge in [-0.05, 0) is 30.2 Å². The quantitative estimate of drug-likeness (QED) is 0.490. The third-order valence-electron chi connectivity index (χ3n) is 4.06. The van der Waals surface area contributed by atoms with Gasteiger partial charge in [0.25, 0.3) is 0 Å². The minimum absolute atomic E-state index is 0.959. The first kappa shape index (κ1) is 14.5. The predicted molar refractivity (Wildman–Crippen MR) is 101 cm³/mol. The Kier molecular flexibility index (Phi) is 3.72. The summed E-state index contributed by atoms with van der Waals surface area (Å²) in [6.45, 7) is 2.11. The number of nitrogens with zero attached hydrogens (tertiary/aromatic N) is 2. The summed E-state index contributed by atoms with van der Waals surface area (Å²) >= 11 is 0. The number of hydrogen-bond donors (Lipinski definition) is 0. The molecule has 2 heteroatoms. The number of aryl methyl sites for hydroxylation is 1. The van der Waals surface area contributed by atoms with Crippen molar-refractivity contribution >= 4 is 17.8 Å². The second-order valence-corrected chi connectivity index (χ2v) is 5.97. The predicted octanol–water partition coefficient (Wildman–Crippen LogP) is 5.48. The first-order chi connectivity index (χ1) is 11.8. The van der Waals surface area contributed by atoms with E-state index < -0.39 is 0 Å². The molecule has 0 unspecified atom stereocenters. The summed E-state index contributed by atoms with van der Waals surface area (Å²) in [5.74, 6) is 0. The Morgan fingerprint density at radius 1 is 0.833 bits per heavy atom. The van der Waals surface area contributed by atoms with Crippen molar-refractivity contribution in [2.75, 3.05) is 0 Å². The second kappa shape index (κ2) is 6.17. The molecule has 4 rings (SSSR count). The Bertz CT molecular complexity index is 1010. The molecule has 4 aromatic rings. The van der Waals surface area contributed by atoms with Gasteiger partial charge >= 0.3 is 0 Å². The first-order valence-corrected chi connectivity index (χ1v) is 8.07. The Morgan fingerprint density at radius 2 is 1.62 bits per heavy atom. The van der Waals surface area contributed by atoms with Crippen LogP contribution in [-0.2, 0) is 0 Å². The van der Waals surface area contributed by atoms with E-state index in [4.69, 9.17) is 4.98 Å². The molecule has 0 aliphatic heterocycles. The van der Waals surface area contributed by atoms with Crippen LogP contribution in [0.3, 0.4) is 0 Å². The van der Waals surface area contributed by atoms with Crippen molar-refractivity contribution in [1.29, 1.82) is 0 Å². The van der Waals surface area contributed by atoms with E-state index >= 15 is 0 Å². The highest BCUT2D eigenvalue weighted by molar-refractivity contribution is 5.72. The molecule has 0 saturated heterocycles. The molecule has 0 radical (unpaired) electrons. The molecule has 116 valence electrons. The molecule has 0 N–H and O–H groups in total. The van der Waals surface area contributed by atoms with Crippen LogP contribution in [0.15, 0.2) is 79.1 Å². The van der Waals surface area contributed by atoms with Crippen molar-refractivity contribution in [3.63, 3.8) is 0 Å². The lowest BCUT2D eigenvalue weighted by molar-refractivity contribution is 1.18. The van der Waals surface area contributed by atoms with Crippen LogP contribution in [0.25, 0.3) is 29.1 Å². The molecular formula is C22H18N2. The molecule has 2 aromatic carbocycles. The van der Waals surface area contributed by atoms with Crippen molar-refractivity contribution < 1.29 is 0 Å². The highest BCUT2D eigenvalue weighted by Gasteiger charge is 2.03.